The highest BCUT2D eigenvalue weighted by molar-refractivity contribution is 7.15. The number of anilines is 1. The van der Waals surface area contributed by atoms with Crippen molar-refractivity contribution < 1.29 is 4.79 Å². The standard InChI is InChI=1S/C10H10N4OS/c1-7-13-14-10(16-7)12-9(15)5-8-3-2-4-11-6-8/h2-4,6H,5H2,1H3,(H,12,14,15). The molecule has 0 unspecified atom stereocenters. The molecule has 2 aromatic rings. The van der Waals surface area contributed by atoms with E-state index in [1.807, 2.05) is 13.0 Å². The molecular formula is C10H10N4OS. The molecule has 2 heterocycles. The molecule has 0 atom stereocenters. The minimum atomic E-state index is -0.107. The first-order valence-electron chi connectivity index (χ1n) is 4.73. The number of aryl methyl sites for hydroxylation is 1. The number of amides is 1. The van der Waals surface area contributed by atoms with Gasteiger partial charge in [0.1, 0.15) is 5.01 Å². The van der Waals surface area contributed by atoms with Crippen molar-refractivity contribution in [3.8, 4) is 0 Å². The summed E-state index contributed by atoms with van der Waals surface area (Å²) in [6.07, 6.45) is 3.65. The predicted octanol–water partition coefficient (Wildman–Crippen LogP) is 1.42. The average Bonchev–Trinajstić information content (AvgIpc) is 2.65. The quantitative estimate of drug-likeness (QED) is 0.872. The summed E-state index contributed by atoms with van der Waals surface area (Å²) in [5, 5.41) is 11.7. The molecule has 0 aromatic carbocycles. The zero-order chi connectivity index (χ0) is 11.4. The zero-order valence-corrected chi connectivity index (χ0v) is 9.49. The van der Waals surface area contributed by atoms with Crippen molar-refractivity contribution in [3.63, 3.8) is 0 Å². The summed E-state index contributed by atoms with van der Waals surface area (Å²) in [5.74, 6) is -0.107. The first-order valence-corrected chi connectivity index (χ1v) is 5.54. The van der Waals surface area contributed by atoms with Crippen molar-refractivity contribution in [1.82, 2.24) is 15.2 Å². The lowest BCUT2D eigenvalue weighted by Crippen LogP contribution is -2.14. The van der Waals surface area contributed by atoms with Gasteiger partial charge in [-0.05, 0) is 18.6 Å². The maximum atomic E-state index is 11.6. The molecule has 5 nitrogen and oxygen atoms in total. The third kappa shape index (κ3) is 2.83. The van der Waals surface area contributed by atoms with Gasteiger partial charge in [0.15, 0.2) is 0 Å². The summed E-state index contributed by atoms with van der Waals surface area (Å²) in [7, 11) is 0. The summed E-state index contributed by atoms with van der Waals surface area (Å²) in [4.78, 5) is 15.5. The molecule has 0 radical (unpaired) electrons. The van der Waals surface area contributed by atoms with Gasteiger partial charge < -0.3 is 5.32 Å². The lowest BCUT2D eigenvalue weighted by atomic mass is 10.2. The summed E-state index contributed by atoms with van der Waals surface area (Å²) in [5.41, 5.74) is 0.876. The smallest absolute Gasteiger partial charge is 0.230 e. The van der Waals surface area contributed by atoms with Gasteiger partial charge in [-0.15, -0.1) is 10.2 Å². The predicted molar refractivity (Wildman–Crippen MR) is 61.2 cm³/mol. The van der Waals surface area contributed by atoms with Crippen LogP contribution in [0.25, 0.3) is 0 Å². The van der Waals surface area contributed by atoms with Crippen LogP contribution in [-0.2, 0) is 11.2 Å². The summed E-state index contributed by atoms with van der Waals surface area (Å²) in [6.45, 7) is 1.84. The molecule has 0 aliphatic rings. The Morgan fingerprint density at radius 3 is 3.00 bits per heavy atom. The molecule has 0 bridgehead atoms. The number of nitrogens with zero attached hydrogens (tertiary/aromatic N) is 3. The number of aromatic nitrogens is 3. The summed E-state index contributed by atoms with van der Waals surface area (Å²) >= 11 is 1.36. The van der Waals surface area contributed by atoms with Gasteiger partial charge in [-0.2, -0.15) is 0 Å². The second kappa shape index (κ2) is 4.80. The number of carbonyl (C=O) groups is 1. The fourth-order valence-corrected chi connectivity index (χ4v) is 1.81. The average molecular weight is 234 g/mol. The highest BCUT2D eigenvalue weighted by Crippen LogP contribution is 2.13. The Morgan fingerprint density at radius 1 is 1.50 bits per heavy atom. The number of pyridine rings is 1. The molecule has 16 heavy (non-hydrogen) atoms. The van der Waals surface area contributed by atoms with Crippen LogP contribution >= 0.6 is 11.3 Å². The molecule has 0 saturated heterocycles. The van der Waals surface area contributed by atoms with E-state index in [-0.39, 0.29) is 5.91 Å². The van der Waals surface area contributed by atoms with Gasteiger partial charge in [-0.3, -0.25) is 9.78 Å². The number of rotatable bonds is 3. The van der Waals surface area contributed by atoms with Crippen LogP contribution in [0.4, 0.5) is 5.13 Å². The van der Waals surface area contributed by atoms with Crippen molar-refractivity contribution in [3.05, 3.63) is 35.1 Å². The molecule has 1 amide bonds. The van der Waals surface area contributed by atoms with Gasteiger partial charge in [-0.25, -0.2) is 0 Å². The Bertz CT molecular complexity index is 483. The highest BCUT2D eigenvalue weighted by Gasteiger charge is 2.06. The molecule has 2 rings (SSSR count). The first-order chi connectivity index (χ1) is 7.74. The van der Waals surface area contributed by atoms with E-state index in [9.17, 15) is 4.79 Å². The van der Waals surface area contributed by atoms with Gasteiger partial charge in [0.05, 0.1) is 6.42 Å². The molecule has 0 aliphatic heterocycles. The fraction of sp³-hybridized carbons (Fsp3) is 0.200. The topological polar surface area (TPSA) is 67.8 Å². The Kier molecular flexibility index (Phi) is 3.21. The fourth-order valence-electron chi connectivity index (χ4n) is 1.20. The summed E-state index contributed by atoms with van der Waals surface area (Å²) in [6, 6.07) is 3.66. The van der Waals surface area contributed by atoms with Crippen molar-refractivity contribution >= 4 is 22.4 Å². The number of nitrogens with one attached hydrogen (secondary N) is 1. The van der Waals surface area contributed by atoms with Crippen molar-refractivity contribution in [1.29, 1.82) is 0 Å². The van der Waals surface area contributed by atoms with Gasteiger partial charge in [0, 0.05) is 12.4 Å². The highest BCUT2D eigenvalue weighted by atomic mass is 32.1. The van der Waals surface area contributed by atoms with Crippen LogP contribution in [-0.4, -0.2) is 21.1 Å². The maximum absolute atomic E-state index is 11.6. The van der Waals surface area contributed by atoms with Crippen LogP contribution < -0.4 is 5.32 Å². The van der Waals surface area contributed by atoms with E-state index in [1.54, 1.807) is 18.5 Å². The van der Waals surface area contributed by atoms with Gasteiger partial charge >= 0.3 is 0 Å². The van der Waals surface area contributed by atoms with Crippen LogP contribution in [0.15, 0.2) is 24.5 Å². The Labute approximate surface area is 96.6 Å². The van der Waals surface area contributed by atoms with E-state index in [0.29, 0.717) is 11.6 Å². The van der Waals surface area contributed by atoms with Crippen molar-refractivity contribution in [2.75, 3.05) is 5.32 Å². The molecule has 0 saturated carbocycles. The van der Waals surface area contributed by atoms with Crippen LogP contribution in [0.3, 0.4) is 0 Å². The largest absolute Gasteiger partial charge is 0.300 e. The van der Waals surface area contributed by atoms with Gasteiger partial charge in [0.2, 0.25) is 11.0 Å². The molecule has 0 spiro atoms. The minimum absolute atomic E-state index is 0.107. The third-order valence-corrected chi connectivity index (χ3v) is 2.61. The number of hydrogen-bond donors (Lipinski definition) is 1. The van der Waals surface area contributed by atoms with E-state index in [2.05, 4.69) is 20.5 Å². The Hall–Kier alpha value is -1.82. The second-order valence-electron chi connectivity index (χ2n) is 3.21. The van der Waals surface area contributed by atoms with Crippen LogP contribution in [0.5, 0.6) is 0 Å². The number of hydrogen-bond acceptors (Lipinski definition) is 5. The zero-order valence-electron chi connectivity index (χ0n) is 8.67. The molecular weight excluding hydrogens is 224 g/mol. The van der Waals surface area contributed by atoms with E-state index in [0.717, 1.165) is 10.6 Å². The van der Waals surface area contributed by atoms with E-state index >= 15 is 0 Å². The minimum Gasteiger partial charge on any atom is -0.300 e. The molecule has 1 N–H and O–H groups in total. The van der Waals surface area contributed by atoms with Crippen LogP contribution in [0.2, 0.25) is 0 Å². The monoisotopic (exact) mass is 234 g/mol. The Morgan fingerprint density at radius 2 is 2.38 bits per heavy atom. The Balaban J connectivity index is 1.95. The van der Waals surface area contributed by atoms with Crippen molar-refractivity contribution in [2.45, 2.75) is 13.3 Å². The van der Waals surface area contributed by atoms with Crippen LogP contribution in [0.1, 0.15) is 10.6 Å². The van der Waals surface area contributed by atoms with E-state index in [4.69, 9.17) is 0 Å². The number of carbonyl (C=O) groups excluding carboxylic acids is 1. The molecule has 0 fully saturated rings. The molecule has 6 heteroatoms. The SMILES string of the molecule is Cc1nnc(NC(=O)Cc2cccnc2)s1. The third-order valence-electron chi connectivity index (χ3n) is 1.86. The van der Waals surface area contributed by atoms with Crippen LogP contribution in [0, 0.1) is 6.92 Å². The van der Waals surface area contributed by atoms with Gasteiger partial charge in [0.25, 0.3) is 0 Å². The van der Waals surface area contributed by atoms with E-state index in [1.165, 1.54) is 11.3 Å². The lowest BCUT2D eigenvalue weighted by molar-refractivity contribution is -0.115. The lowest BCUT2D eigenvalue weighted by Gasteiger charge is -2.00. The molecule has 0 aliphatic carbocycles. The normalized spacial score (nSPS) is 10.1. The summed E-state index contributed by atoms with van der Waals surface area (Å²) < 4.78 is 0. The molecule has 2 aromatic heterocycles. The van der Waals surface area contributed by atoms with Crippen molar-refractivity contribution in [2.24, 2.45) is 0 Å². The van der Waals surface area contributed by atoms with E-state index < -0.39 is 0 Å². The van der Waals surface area contributed by atoms with Gasteiger partial charge in [-0.1, -0.05) is 17.4 Å². The second-order valence-corrected chi connectivity index (χ2v) is 4.39. The first kappa shape index (κ1) is 10.7. The maximum Gasteiger partial charge on any atom is 0.230 e. The molecule has 82 valence electrons.